The van der Waals surface area contributed by atoms with Crippen molar-refractivity contribution in [1.82, 2.24) is 4.90 Å². The molecule has 2 rings (SSSR count). The largest absolute Gasteiger partial charge is 0.478 e. The van der Waals surface area contributed by atoms with Crippen LogP contribution in [-0.2, 0) is 0 Å². The molecule has 0 aliphatic carbocycles. The van der Waals surface area contributed by atoms with Crippen LogP contribution in [0.5, 0.6) is 0 Å². The molecule has 1 amide bonds. The maximum absolute atomic E-state index is 12.5. The Morgan fingerprint density at radius 3 is 2.45 bits per heavy atom. The van der Waals surface area contributed by atoms with Gasteiger partial charge in [-0.3, -0.25) is 4.79 Å². The van der Waals surface area contributed by atoms with E-state index >= 15 is 0 Å². The van der Waals surface area contributed by atoms with Crippen LogP contribution in [0.4, 0.5) is 0 Å². The smallest absolute Gasteiger partial charge is 0.336 e. The van der Waals surface area contributed by atoms with Crippen molar-refractivity contribution in [3.8, 4) is 0 Å². The van der Waals surface area contributed by atoms with E-state index in [0.717, 1.165) is 0 Å². The molecule has 5 heteroatoms. The number of aromatic carboxylic acids is 1. The van der Waals surface area contributed by atoms with Crippen LogP contribution in [0.2, 0.25) is 0 Å². The van der Waals surface area contributed by atoms with E-state index in [0.29, 0.717) is 32.4 Å². The monoisotopic (exact) mass is 277 g/mol. The number of hydrogen-bond acceptors (Lipinski definition) is 3. The Morgan fingerprint density at radius 1 is 1.15 bits per heavy atom. The molecule has 20 heavy (non-hydrogen) atoms. The van der Waals surface area contributed by atoms with Crippen molar-refractivity contribution in [2.24, 2.45) is 0 Å². The van der Waals surface area contributed by atoms with Crippen LogP contribution in [0.3, 0.4) is 0 Å². The lowest BCUT2D eigenvalue weighted by molar-refractivity contribution is 0.0436. The van der Waals surface area contributed by atoms with Gasteiger partial charge in [0.1, 0.15) is 0 Å². The first-order chi connectivity index (χ1) is 9.41. The molecule has 1 fully saturated rings. The van der Waals surface area contributed by atoms with Crippen LogP contribution in [-0.4, -0.2) is 45.7 Å². The van der Waals surface area contributed by atoms with Crippen molar-refractivity contribution < 1.29 is 19.8 Å². The van der Waals surface area contributed by atoms with Crippen molar-refractivity contribution in [2.75, 3.05) is 13.1 Å². The van der Waals surface area contributed by atoms with Gasteiger partial charge in [-0.05, 0) is 38.3 Å². The second kappa shape index (κ2) is 5.63. The zero-order valence-corrected chi connectivity index (χ0v) is 11.5. The van der Waals surface area contributed by atoms with E-state index in [1.54, 1.807) is 24.0 Å². The predicted octanol–water partition coefficient (Wildman–Crippen LogP) is 1.76. The summed E-state index contributed by atoms with van der Waals surface area (Å²) in [5.74, 6) is -1.38. The second-order valence-corrected chi connectivity index (χ2v) is 5.49. The molecule has 0 radical (unpaired) electrons. The summed E-state index contributed by atoms with van der Waals surface area (Å²) >= 11 is 0. The molecule has 1 saturated heterocycles. The van der Waals surface area contributed by atoms with Gasteiger partial charge in [-0.1, -0.05) is 12.1 Å². The first-order valence-corrected chi connectivity index (χ1v) is 6.75. The molecule has 1 heterocycles. The molecule has 1 atom stereocenters. The lowest BCUT2D eigenvalue weighted by Crippen LogP contribution is -2.34. The topological polar surface area (TPSA) is 77.8 Å². The molecule has 0 spiro atoms. The fraction of sp³-hybridized carbons (Fsp3) is 0.467. The summed E-state index contributed by atoms with van der Waals surface area (Å²) < 4.78 is 0. The van der Waals surface area contributed by atoms with Gasteiger partial charge in [0, 0.05) is 13.1 Å². The average molecular weight is 277 g/mol. The zero-order valence-electron chi connectivity index (χ0n) is 11.5. The number of nitrogens with zero attached hydrogens (tertiary/aromatic N) is 1. The van der Waals surface area contributed by atoms with E-state index in [1.165, 1.54) is 12.1 Å². The summed E-state index contributed by atoms with van der Waals surface area (Å²) in [4.78, 5) is 25.3. The van der Waals surface area contributed by atoms with Crippen LogP contribution in [0.25, 0.3) is 0 Å². The van der Waals surface area contributed by atoms with E-state index in [2.05, 4.69) is 0 Å². The van der Waals surface area contributed by atoms with Gasteiger partial charge < -0.3 is 15.1 Å². The summed E-state index contributed by atoms with van der Waals surface area (Å²) in [7, 11) is 0. The molecular formula is C15H19NO4. The number of amides is 1. The molecule has 5 nitrogen and oxygen atoms in total. The molecular weight excluding hydrogens is 258 g/mol. The molecule has 1 unspecified atom stereocenters. The highest BCUT2D eigenvalue weighted by Crippen LogP contribution is 2.23. The van der Waals surface area contributed by atoms with E-state index in [4.69, 9.17) is 5.11 Å². The Kier molecular flexibility index (Phi) is 4.09. The maximum Gasteiger partial charge on any atom is 0.336 e. The molecule has 0 saturated carbocycles. The highest BCUT2D eigenvalue weighted by molar-refractivity contribution is 6.04. The molecule has 1 aromatic carbocycles. The van der Waals surface area contributed by atoms with Crippen molar-refractivity contribution in [1.29, 1.82) is 0 Å². The number of rotatable bonds is 2. The van der Waals surface area contributed by atoms with E-state index in [9.17, 15) is 14.7 Å². The summed E-state index contributed by atoms with van der Waals surface area (Å²) in [6.45, 7) is 2.76. The van der Waals surface area contributed by atoms with Crippen molar-refractivity contribution >= 4 is 11.9 Å². The highest BCUT2D eigenvalue weighted by atomic mass is 16.4. The van der Waals surface area contributed by atoms with E-state index in [1.807, 2.05) is 0 Å². The van der Waals surface area contributed by atoms with Crippen molar-refractivity contribution in [2.45, 2.75) is 31.8 Å². The third-order valence-electron chi connectivity index (χ3n) is 3.74. The second-order valence-electron chi connectivity index (χ2n) is 5.49. The summed E-state index contributed by atoms with van der Waals surface area (Å²) in [6.07, 6.45) is 1.87. The molecule has 1 aromatic rings. The fourth-order valence-electron chi connectivity index (χ4n) is 2.49. The molecule has 108 valence electrons. The Labute approximate surface area is 117 Å². The fourth-order valence-corrected chi connectivity index (χ4v) is 2.49. The first-order valence-electron chi connectivity index (χ1n) is 6.75. The Balaban J connectivity index is 2.21. The standard InChI is InChI=1S/C15H19NO4/c1-15(20)7-4-9-16(10-8-15)13(17)11-5-2-3-6-12(11)14(18)19/h2-3,5-6,20H,4,7-10H2,1H3,(H,18,19). The summed E-state index contributed by atoms with van der Waals surface area (Å²) in [5, 5.41) is 19.2. The first kappa shape index (κ1) is 14.5. The van der Waals surface area contributed by atoms with E-state index in [-0.39, 0.29) is 17.0 Å². The minimum atomic E-state index is -1.10. The summed E-state index contributed by atoms with van der Waals surface area (Å²) in [6, 6.07) is 6.24. The van der Waals surface area contributed by atoms with Gasteiger partial charge in [0.2, 0.25) is 0 Å². The molecule has 0 aromatic heterocycles. The van der Waals surface area contributed by atoms with Gasteiger partial charge in [0.25, 0.3) is 5.91 Å². The van der Waals surface area contributed by atoms with Crippen LogP contribution in [0, 0.1) is 0 Å². The minimum Gasteiger partial charge on any atom is -0.478 e. The van der Waals surface area contributed by atoms with Crippen LogP contribution >= 0.6 is 0 Å². The number of benzene rings is 1. The predicted molar refractivity (Wildman–Crippen MR) is 73.8 cm³/mol. The lowest BCUT2D eigenvalue weighted by atomic mass is 9.98. The Morgan fingerprint density at radius 2 is 1.80 bits per heavy atom. The lowest BCUT2D eigenvalue weighted by Gasteiger charge is -2.23. The van der Waals surface area contributed by atoms with Crippen LogP contribution in [0.15, 0.2) is 24.3 Å². The van der Waals surface area contributed by atoms with Gasteiger partial charge in [0.15, 0.2) is 0 Å². The van der Waals surface area contributed by atoms with E-state index < -0.39 is 11.6 Å². The van der Waals surface area contributed by atoms with Gasteiger partial charge in [-0.15, -0.1) is 0 Å². The summed E-state index contributed by atoms with van der Waals surface area (Å²) in [5.41, 5.74) is -0.517. The molecule has 1 aliphatic heterocycles. The number of carboxylic acids is 1. The Hall–Kier alpha value is -1.88. The normalized spacial score (nSPS) is 23.2. The van der Waals surface area contributed by atoms with Crippen LogP contribution < -0.4 is 0 Å². The number of aliphatic hydroxyl groups is 1. The maximum atomic E-state index is 12.5. The average Bonchev–Trinajstić information content (AvgIpc) is 2.59. The quantitative estimate of drug-likeness (QED) is 0.863. The molecule has 2 N–H and O–H groups in total. The highest BCUT2D eigenvalue weighted by Gasteiger charge is 2.28. The van der Waals surface area contributed by atoms with Gasteiger partial charge in [-0.2, -0.15) is 0 Å². The van der Waals surface area contributed by atoms with Gasteiger partial charge >= 0.3 is 5.97 Å². The number of hydrogen-bond donors (Lipinski definition) is 2. The van der Waals surface area contributed by atoms with Gasteiger partial charge in [0.05, 0.1) is 16.7 Å². The molecule has 1 aliphatic rings. The molecule has 0 bridgehead atoms. The van der Waals surface area contributed by atoms with Crippen molar-refractivity contribution in [3.63, 3.8) is 0 Å². The zero-order chi connectivity index (χ0) is 14.8. The van der Waals surface area contributed by atoms with Crippen LogP contribution in [0.1, 0.15) is 46.9 Å². The third kappa shape index (κ3) is 3.17. The number of likely N-dealkylation sites (tertiary alicyclic amines) is 1. The minimum absolute atomic E-state index is 0.0218. The Bertz CT molecular complexity index is 524. The van der Waals surface area contributed by atoms with Crippen molar-refractivity contribution in [3.05, 3.63) is 35.4 Å². The SMILES string of the molecule is CC1(O)CCCN(C(=O)c2ccccc2C(=O)O)CC1. The van der Waals surface area contributed by atoms with Gasteiger partial charge in [-0.25, -0.2) is 4.79 Å². The number of carbonyl (C=O) groups is 2. The number of carboxylic acid groups (broad SMARTS) is 1. The third-order valence-corrected chi connectivity index (χ3v) is 3.74. The number of carbonyl (C=O) groups excluding carboxylic acids is 1.